The zero-order valence-corrected chi connectivity index (χ0v) is 7.62. The molecule has 10 heavy (non-hydrogen) atoms. The second-order valence-electron chi connectivity index (χ2n) is 2.47. The highest BCUT2D eigenvalue weighted by Gasteiger charge is 2.17. The molecule has 0 aliphatic rings. The number of rotatable bonds is 4. The predicted molar refractivity (Wildman–Crippen MR) is 46.1 cm³/mol. The van der Waals surface area contributed by atoms with Gasteiger partial charge >= 0.3 is 0 Å². The molecule has 0 rings (SSSR count). The molecule has 0 aromatic carbocycles. The van der Waals surface area contributed by atoms with E-state index in [-0.39, 0.29) is 6.04 Å². The minimum atomic E-state index is -1.10. The molecule has 4 N–H and O–H groups in total. The fraction of sp³-hybridized carbons (Fsp3) is 1.00. The highest BCUT2D eigenvalue weighted by molar-refractivity contribution is 6.47. The first-order chi connectivity index (χ1) is 4.45. The molecule has 0 amide bonds. The Labute approximate surface area is 71.9 Å². The Morgan fingerprint density at radius 2 is 2.00 bits per heavy atom. The van der Waals surface area contributed by atoms with Crippen LogP contribution in [0.15, 0.2) is 0 Å². The molecule has 0 aliphatic carbocycles. The predicted octanol–water partition coefficient (Wildman–Crippen LogP) is 1.59. The van der Waals surface area contributed by atoms with Gasteiger partial charge in [-0.3, -0.25) is 0 Å². The van der Waals surface area contributed by atoms with Crippen molar-refractivity contribution in [3.05, 3.63) is 0 Å². The lowest BCUT2D eigenvalue weighted by Gasteiger charge is -2.15. The topological polar surface area (TPSA) is 52.0 Å². The monoisotopic (exact) mass is 184 g/mol. The number of hydrogen-bond acceptors (Lipinski definition) is 2. The van der Waals surface area contributed by atoms with Crippen LogP contribution in [0, 0.1) is 0 Å². The van der Waals surface area contributed by atoms with Gasteiger partial charge in [0.15, 0.2) is 4.46 Å². The molecule has 0 bridgehead atoms. The fourth-order valence-electron chi connectivity index (χ4n) is 0.582. The van der Waals surface area contributed by atoms with Gasteiger partial charge < -0.3 is 11.5 Å². The summed E-state index contributed by atoms with van der Waals surface area (Å²) in [4.78, 5) is 0. The van der Waals surface area contributed by atoms with Crippen LogP contribution in [0.2, 0.25) is 0 Å². The summed E-state index contributed by atoms with van der Waals surface area (Å²) in [6.07, 6.45) is 2.26. The van der Waals surface area contributed by atoms with Crippen LogP contribution in [0.4, 0.5) is 0 Å². The third-order valence-corrected chi connectivity index (χ3v) is 1.75. The molecule has 0 saturated heterocycles. The normalized spacial score (nSPS) is 15.3. The third kappa shape index (κ3) is 6.62. The van der Waals surface area contributed by atoms with Crippen molar-refractivity contribution in [2.24, 2.45) is 11.5 Å². The summed E-state index contributed by atoms with van der Waals surface area (Å²) < 4.78 is -1.10. The van der Waals surface area contributed by atoms with E-state index in [0.717, 1.165) is 12.8 Å². The fourth-order valence-corrected chi connectivity index (χ4v) is 0.800. The second kappa shape index (κ2) is 4.39. The SMILES string of the molecule is CCC(N)CCC(N)(Cl)Cl. The van der Waals surface area contributed by atoms with Gasteiger partial charge in [-0.2, -0.15) is 0 Å². The second-order valence-corrected chi connectivity index (χ2v) is 4.01. The first-order valence-electron chi connectivity index (χ1n) is 3.38. The summed E-state index contributed by atoms with van der Waals surface area (Å²) >= 11 is 11.0. The molecule has 4 heteroatoms. The number of alkyl halides is 2. The van der Waals surface area contributed by atoms with Crippen LogP contribution in [0.3, 0.4) is 0 Å². The Balaban J connectivity index is 3.36. The van der Waals surface area contributed by atoms with Crippen LogP contribution in [0.5, 0.6) is 0 Å². The Bertz CT molecular complexity index is 90.2. The van der Waals surface area contributed by atoms with Crippen LogP contribution in [0.1, 0.15) is 26.2 Å². The highest BCUT2D eigenvalue weighted by Crippen LogP contribution is 2.20. The van der Waals surface area contributed by atoms with E-state index in [4.69, 9.17) is 34.7 Å². The molecule has 0 fully saturated rings. The Hall–Kier alpha value is 0.500. The largest absolute Gasteiger partial charge is 0.328 e. The Kier molecular flexibility index (Phi) is 4.61. The van der Waals surface area contributed by atoms with E-state index in [2.05, 4.69) is 0 Å². The summed E-state index contributed by atoms with van der Waals surface area (Å²) in [6, 6.07) is 0.167. The van der Waals surface area contributed by atoms with E-state index in [0.29, 0.717) is 6.42 Å². The maximum Gasteiger partial charge on any atom is 0.166 e. The molecular formula is C6H14Cl2N2. The first-order valence-corrected chi connectivity index (χ1v) is 4.13. The van der Waals surface area contributed by atoms with Gasteiger partial charge in [0.25, 0.3) is 0 Å². The van der Waals surface area contributed by atoms with Crippen molar-refractivity contribution in [2.75, 3.05) is 0 Å². The summed E-state index contributed by atoms with van der Waals surface area (Å²) in [7, 11) is 0. The molecule has 0 aromatic rings. The van der Waals surface area contributed by atoms with Crippen LogP contribution in [-0.4, -0.2) is 10.5 Å². The number of hydrogen-bond donors (Lipinski definition) is 2. The number of halogens is 2. The van der Waals surface area contributed by atoms with Crippen molar-refractivity contribution in [1.29, 1.82) is 0 Å². The standard InChI is InChI=1S/C6H14Cl2N2/c1-2-5(9)3-4-6(7,8)10/h5H,2-4,9-10H2,1H3. The summed E-state index contributed by atoms with van der Waals surface area (Å²) in [5.74, 6) is 0. The molecule has 62 valence electrons. The van der Waals surface area contributed by atoms with Gasteiger partial charge in [0, 0.05) is 6.04 Å². The van der Waals surface area contributed by atoms with E-state index >= 15 is 0 Å². The smallest absolute Gasteiger partial charge is 0.166 e. The van der Waals surface area contributed by atoms with Gasteiger partial charge in [0.05, 0.1) is 0 Å². The molecule has 1 unspecified atom stereocenters. The van der Waals surface area contributed by atoms with Crippen molar-refractivity contribution >= 4 is 23.2 Å². The van der Waals surface area contributed by atoms with Gasteiger partial charge in [-0.05, 0) is 19.3 Å². The summed E-state index contributed by atoms with van der Waals surface area (Å²) in [6.45, 7) is 2.02. The van der Waals surface area contributed by atoms with Gasteiger partial charge in [0.2, 0.25) is 0 Å². The molecule has 0 aromatic heterocycles. The van der Waals surface area contributed by atoms with Gasteiger partial charge in [-0.1, -0.05) is 30.1 Å². The summed E-state index contributed by atoms with van der Waals surface area (Å²) in [5, 5.41) is 0. The molecule has 2 nitrogen and oxygen atoms in total. The average molecular weight is 185 g/mol. The molecule has 0 aliphatic heterocycles. The van der Waals surface area contributed by atoms with E-state index in [1.165, 1.54) is 0 Å². The maximum absolute atomic E-state index is 5.61. The lowest BCUT2D eigenvalue weighted by atomic mass is 10.1. The molecule has 0 heterocycles. The van der Waals surface area contributed by atoms with E-state index < -0.39 is 4.46 Å². The Morgan fingerprint density at radius 3 is 2.30 bits per heavy atom. The van der Waals surface area contributed by atoms with Gasteiger partial charge in [-0.25, -0.2) is 0 Å². The zero-order valence-electron chi connectivity index (χ0n) is 6.11. The maximum atomic E-state index is 5.61. The minimum absolute atomic E-state index is 0.167. The lowest BCUT2D eigenvalue weighted by Crippen LogP contribution is -2.29. The minimum Gasteiger partial charge on any atom is -0.328 e. The quantitative estimate of drug-likeness (QED) is 0.516. The van der Waals surface area contributed by atoms with Crippen molar-refractivity contribution < 1.29 is 0 Å². The molecular weight excluding hydrogens is 171 g/mol. The van der Waals surface area contributed by atoms with Crippen LogP contribution in [-0.2, 0) is 0 Å². The highest BCUT2D eigenvalue weighted by atomic mass is 35.5. The van der Waals surface area contributed by atoms with Crippen LogP contribution >= 0.6 is 23.2 Å². The number of nitrogens with two attached hydrogens (primary N) is 2. The van der Waals surface area contributed by atoms with Crippen molar-refractivity contribution in [1.82, 2.24) is 0 Å². The van der Waals surface area contributed by atoms with Crippen molar-refractivity contribution in [3.8, 4) is 0 Å². The summed E-state index contributed by atoms with van der Waals surface area (Å²) in [5.41, 5.74) is 10.9. The average Bonchev–Trinajstić information content (AvgIpc) is 1.81. The molecule has 0 saturated carbocycles. The van der Waals surface area contributed by atoms with Crippen molar-refractivity contribution in [2.45, 2.75) is 36.7 Å². The zero-order chi connectivity index (χ0) is 8.20. The molecule has 0 radical (unpaired) electrons. The first kappa shape index (κ1) is 10.5. The van der Waals surface area contributed by atoms with E-state index in [1.54, 1.807) is 0 Å². The van der Waals surface area contributed by atoms with Crippen LogP contribution < -0.4 is 11.5 Å². The van der Waals surface area contributed by atoms with E-state index in [9.17, 15) is 0 Å². The molecule has 0 spiro atoms. The molecule has 1 atom stereocenters. The van der Waals surface area contributed by atoms with Crippen molar-refractivity contribution in [3.63, 3.8) is 0 Å². The van der Waals surface area contributed by atoms with Gasteiger partial charge in [-0.15, -0.1) is 0 Å². The lowest BCUT2D eigenvalue weighted by molar-refractivity contribution is 0.543. The Morgan fingerprint density at radius 1 is 1.50 bits per heavy atom. The van der Waals surface area contributed by atoms with Crippen LogP contribution in [0.25, 0.3) is 0 Å². The van der Waals surface area contributed by atoms with E-state index in [1.807, 2.05) is 6.92 Å². The third-order valence-electron chi connectivity index (χ3n) is 1.37. The van der Waals surface area contributed by atoms with Gasteiger partial charge in [0.1, 0.15) is 0 Å².